The van der Waals surface area contributed by atoms with Crippen molar-refractivity contribution in [2.24, 2.45) is 5.92 Å². The van der Waals surface area contributed by atoms with Crippen LogP contribution in [0.15, 0.2) is 36.4 Å². The van der Waals surface area contributed by atoms with Crippen LogP contribution >= 0.6 is 33.9 Å². The van der Waals surface area contributed by atoms with E-state index in [0.29, 0.717) is 12.0 Å². The smallest absolute Gasteiger partial charge is 0.0435 e. The molecule has 1 aromatic heterocycles. The number of hydrogen-bond donors (Lipinski definition) is 1. The van der Waals surface area contributed by atoms with Gasteiger partial charge in [0.1, 0.15) is 0 Å². The van der Waals surface area contributed by atoms with Crippen LogP contribution in [0, 0.1) is 9.49 Å². The average Bonchev–Trinajstić information content (AvgIpc) is 2.80. The first kappa shape index (κ1) is 14.0. The summed E-state index contributed by atoms with van der Waals surface area (Å²) in [5.74, 6) is 0.609. The minimum Gasteiger partial charge on any atom is -0.312 e. The summed E-state index contributed by atoms with van der Waals surface area (Å²) < 4.78 is 1.28. The number of hydrogen-bond acceptors (Lipinski definition) is 2. The second kappa shape index (κ2) is 6.17. The van der Waals surface area contributed by atoms with Gasteiger partial charge in [-0.2, -0.15) is 0 Å². The lowest BCUT2D eigenvalue weighted by Crippen LogP contribution is -2.20. The predicted octanol–water partition coefficient (Wildman–Crippen LogP) is 4.94. The van der Waals surface area contributed by atoms with Crippen molar-refractivity contribution < 1.29 is 0 Å². The topological polar surface area (TPSA) is 12.0 Å². The summed E-state index contributed by atoms with van der Waals surface area (Å²) in [7, 11) is 2.04. The molecule has 0 aliphatic rings. The average molecular weight is 371 g/mol. The maximum atomic E-state index is 3.40. The van der Waals surface area contributed by atoms with Crippen LogP contribution in [0.2, 0.25) is 0 Å². The van der Waals surface area contributed by atoms with E-state index in [9.17, 15) is 0 Å². The van der Waals surface area contributed by atoms with Crippen LogP contribution in [0.3, 0.4) is 0 Å². The largest absolute Gasteiger partial charge is 0.312 e. The molecule has 0 aliphatic heterocycles. The summed E-state index contributed by atoms with van der Waals surface area (Å²) in [6, 6.07) is 13.6. The highest BCUT2D eigenvalue weighted by Crippen LogP contribution is 2.34. The first-order valence-electron chi connectivity index (χ1n) is 6.14. The maximum absolute atomic E-state index is 3.40. The predicted molar refractivity (Wildman–Crippen MR) is 89.1 cm³/mol. The first-order valence-corrected chi connectivity index (χ1v) is 8.04. The van der Waals surface area contributed by atoms with Crippen LogP contribution in [0.25, 0.3) is 10.4 Å². The highest BCUT2D eigenvalue weighted by atomic mass is 127. The molecule has 96 valence electrons. The van der Waals surface area contributed by atoms with Gasteiger partial charge < -0.3 is 5.32 Å². The van der Waals surface area contributed by atoms with Gasteiger partial charge in [-0.25, -0.2) is 0 Å². The first-order chi connectivity index (χ1) is 8.61. The van der Waals surface area contributed by atoms with E-state index in [-0.39, 0.29) is 0 Å². The summed E-state index contributed by atoms with van der Waals surface area (Å²) in [6.45, 7) is 4.51. The number of thiophene rings is 1. The van der Waals surface area contributed by atoms with Crippen LogP contribution in [0.5, 0.6) is 0 Å². The third-order valence-corrected chi connectivity index (χ3v) is 4.98. The maximum Gasteiger partial charge on any atom is 0.0435 e. The second-order valence-electron chi connectivity index (χ2n) is 4.72. The normalized spacial score (nSPS) is 12.9. The third kappa shape index (κ3) is 3.13. The Morgan fingerprint density at radius 2 is 1.72 bits per heavy atom. The Balaban J connectivity index is 2.27. The number of rotatable bonds is 4. The van der Waals surface area contributed by atoms with Gasteiger partial charge in [-0.3, -0.25) is 0 Å². The third-order valence-electron chi connectivity index (χ3n) is 3.04. The van der Waals surface area contributed by atoms with E-state index >= 15 is 0 Å². The minimum absolute atomic E-state index is 0.451. The van der Waals surface area contributed by atoms with Crippen LogP contribution in [-0.2, 0) is 0 Å². The lowest BCUT2D eigenvalue weighted by atomic mass is 10.0. The zero-order valence-corrected chi connectivity index (χ0v) is 13.9. The molecular formula is C15H18INS. The van der Waals surface area contributed by atoms with Crippen LogP contribution < -0.4 is 5.32 Å². The summed E-state index contributed by atoms with van der Waals surface area (Å²) in [4.78, 5) is 2.77. The SMILES string of the molecule is CNC(c1ccc(-c2ccc(I)cc2)s1)C(C)C. The monoisotopic (exact) mass is 371 g/mol. The molecule has 2 rings (SSSR count). The van der Waals surface area contributed by atoms with Crippen molar-refractivity contribution >= 4 is 33.9 Å². The molecule has 18 heavy (non-hydrogen) atoms. The molecule has 1 atom stereocenters. The Bertz CT molecular complexity index is 501. The fourth-order valence-corrected chi connectivity index (χ4v) is 3.75. The van der Waals surface area contributed by atoms with Gasteiger partial charge in [-0.05, 0) is 65.4 Å². The van der Waals surface area contributed by atoms with Gasteiger partial charge in [-0.1, -0.05) is 26.0 Å². The molecule has 1 nitrogen and oxygen atoms in total. The molecule has 0 saturated heterocycles. The van der Waals surface area contributed by atoms with Gasteiger partial charge in [0, 0.05) is 19.4 Å². The Hall–Kier alpha value is -0.390. The van der Waals surface area contributed by atoms with Crippen LogP contribution in [-0.4, -0.2) is 7.05 Å². The van der Waals surface area contributed by atoms with Gasteiger partial charge in [0.2, 0.25) is 0 Å². The molecule has 1 aromatic carbocycles. The van der Waals surface area contributed by atoms with Crippen molar-refractivity contribution in [3.05, 3.63) is 44.8 Å². The van der Waals surface area contributed by atoms with E-state index < -0.39 is 0 Å². The molecular weight excluding hydrogens is 353 g/mol. The molecule has 3 heteroatoms. The van der Waals surface area contributed by atoms with E-state index in [1.807, 2.05) is 18.4 Å². The Kier molecular flexibility index (Phi) is 4.81. The summed E-state index contributed by atoms with van der Waals surface area (Å²) in [5.41, 5.74) is 1.31. The molecule has 0 amide bonds. The Labute approximate surface area is 127 Å². The quantitative estimate of drug-likeness (QED) is 0.751. The zero-order chi connectivity index (χ0) is 13.1. The van der Waals surface area contributed by atoms with Crippen molar-refractivity contribution in [3.8, 4) is 10.4 Å². The van der Waals surface area contributed by atoms with E-state index in [1.165, 1.54) is 18.9 Å². The molecule has 2 aromatic rings. The van der Waals surface area contributed by atoms with Gasteiger partial charge in [0.15, 0.2) is 0 Å². The molecule has 0 radical (unpaired) electrons. The molecule has 1 heterocycles. The standard InChI is InChI=1S/C15H18INS/c1-10(2)15(17-3)14-9-8-13(18-14)11-4-6-12(16)7-5-11/h4-10,15,17H,1-3H3. The van der Waals surface area contributed by atoms with Crippen molar-refractivity contribution in [3.63, 3.8) is 0 Å². The molecule has 0 aliphatic carbocycles. The highest BCUT2D eigenvalue weighted by molar-refractivity contribution is 14.1. The lowest BCUT2D eigenvalue weighted by molar-refractivity contribution is 0.449. The van der Waals surface area contributed by atoms with Gasteiger partial charge in [-0.15, -0.1) is 11.3 Å². The summed E-state index contributed by atoms with van der Waals surface area (Å²) in [5, 5.41) is 3.40. The Morgan fingerprint density at radius 3 is 2.28 bits per heavy atom. The van der Waals surface area contributed by atoms with E-state index in [0.717, 1.165) is 0 Å². The molecule has 1 unspecified atom stereocenters. The van der Waals surface area contributed by atoms with Crippen molar-refractivity contribution in [2.75, 3.05) is 7.05 Å². The molecule has 0 spiro atoms. The molecule has 1 N–H and O–H groups in total. The molecule has 0 saturated carbocycles. The fourth-order valence-electron chi connectivity index (χ4n) is 2.09. The van der Waals surface area contributed by atoms with E-state index in [4.69, 9.17) is 0 Å². The lowest BCUT2D eigenvalue weighted by Gasteiger charge is -2.18. The summed E-state index contributed by atoms with van der Waals surface area (Å²) in [6.07, 6.45) is 0. The van der Waals surface area contributed by atoms with E-state index in [2.05, 4.69) is 78.2 Å². The van der Waals surface area contributed by atoms with E-state index in [1.54, 1.807) is 0 Å². The second-order valence-corrected chi connectivity index (χ2v) is 7.08. The van der Waals surface area contributed by atoms with Crippen molar-refractivity contribution in [2.45, 2.75) is 19.9 Å². The Morgan fingerprint density at radius 1 is 1.06 bits per heavy atom. The fraction of sp³-hybridized carbons (Fsp3) is 0.333. The molecule has 0 bridgehead atoms. The number of halogens is 1. The number of nitrogens with one attached hydrogen (secondary N) is 1. The van der Waals surface area contributed by atoms with Gasteiger partial charge in [0.05, 0.1) is 0 Å². The minimum atomic E-state index is 0.451. The van der Waals surface area contributed by atoms with Crippen LogP contribution in [0.4, 0.5) is 0 Å². The van der Waals surface area contributed by atoms with Gasteiger partial charge >= 0.3 is 0 Å². The van der Waals surface area contributed by atoms with Crippen molar-refractivity contribution in [1.82, 2.24) is 5.32 Å². The number of benzene rings is 1. The van der Waals surface area contributed by atoms with Gasteiger partial charge in [0.25, 0.3) is 0 Å². The van der Waals surface area contributed by atoms with Crippen molar-refractivity contribution in [1.29, 1.82) is 0 Å². The van der Waals surface area contributed by atoms with Crippen LogP contribution in [0.1, 0.15) is 24.8 Å². The molecule has 0 fully saturated rings. The zero-order valence-electron chi connectivity index (χ0n) is 10.9. The highest BCUT2D eigenvalue weighted by Gasteiger charge is 2.15. The summed E-state index contributed by atoms with van der Waals surface area (Å²) >= 11 is 4.23.